The first-order valence-electron chi connectivity index (χ1n) is 8.98. The van der Waals surface area contributed by atoms with E-state index in [1.54, 1.807) is 61.6 Å². The molecule has 0 unspecified atom stereocenters. The molecular weight excluding hydrogens is 390 g/mol. The van der Waals surface area contributed by atoms with E-state index in [0.717, 1.165) is 0 Å². The normalized spacial score (nSPS) is 10.3. The highest BCUT2D eigenvalue weighted by molar-refractivity contribution is 6.02. The fourth-order valence-electron chi connectivity index (χ4n) is 2.69. The molecule has 2 aromatic carbocycles. The second-order valence-corrected chi connectivity index (χ2v) is 6.38. The number of nitro benzene ring substituents is 1. The van der Waals surface area contributed by atoms with E-state index >= 15 is 0 Å². The molecular formula is C21H19N3O6. The average molecular weight is 409 g/mol. The van der Waals surface area contributed by atoms with Crippen LogP contribution in [0.15, 0.2) is 71.3 Å². The van der Waals surface area contributed by atoms with Crippen LogP contribution in [0.2, 0.25) is 0 Å². The fraction of sp³-hybridized carbons (Fsp3) is 0.143. The number of likely N-dealkylation sites (N-methyl/N-ethyl adjacent to an activating group) is 1. The van der Waals surface area contributed by atoms with Crippen molar-refractivity contribution in [1.82, 2.24) is 4.90 Å². The molecule has 0 bridgehead atoms. The third kappa shape index (κ3) is 5.22. The number of amides is 2. The van der Waals surface area contributed by atoms with Crippen molar-refractivity contribution >= 4 is 23.2 Å². The number of ether oxygens (including phenoxy) is 1. The minimum atomic E-state index is -0.480. The summed E-state index contributed by atoms with van der Waals surface area (Å²) in [5.74, 6) is -0.191. The molecule has 9 nitrogen and oxygen atoms in total. The summed E-state index contributed by atoms with van der Waals surface area (Å²) < 4.78 is 10.6. The number of rotatable bonds is 8. The first-order valence-corrected chi connectivity index (χ1v) is 8.98. The Kier molecular flexibility index (Phi) is 6.43. The molecule has 0 aliphatic heterocycles. The Morgan fingerprint density at radius 2 is 1.93 bits per heavy atom. The third-order valence-electron chi connectivity index (χ3n) is 4.22. The summed E-state index contributed by atoms with van der Waals surface area (Å²) in [7, 11) is 1.54. The van der Waals surface area contributed by atoms with Crippen LogP contribution in [-0.2, 0) is 11.3 Å². The summed E-state index contributed by atoms with van der Waals surface area (Å²) in [5, 5.41) is 13.8. The number of carbonyl (C=O) groups excluding carboxylic acids is 2. The number of nitro groups is 1. The molecule has 0 atom stereocenters. The zero-order valence-corrected chi connectivity index (χ0v) is 16.1. The lowest BCUT2D eigenvalue weighted by atomic mass is 10.1. The quantitative estimate of drug-likeness (QED) is 0.450. The molecule has 3 rings (SSSR count). The summed E-state index contributed by atoms with van der Waals surface area (Å²) >= 11 is 0. The molecule has 1 aromatic heterocycles. The van der Waals surface area contributed by atoms with Crippen LogP contribution in [-0.4, -0.2) is 35.3 Å². The maximum absolute atomic E-state index is 12.4. The highest BCUT2D eigenvalue weighted by Crippen LogP contribution is 2.20. The van der Waals surface area contributed by atoms with Crippen LogP contribution in [0, 0.1) is 10.1 Å². The molecule has 154 valence electrons. The molecule has 1 heterocycles. The van der Waals surface area contributed by atoms with E-state index in [4.69, 9.17) is 9.15 Å². The van der Waals surface area contributed by atoms with Gasteiger partial charge in [-0.15, -0.1) is 0 Å². The Morgan fingerprint density at radius 3 is 2.67 bits per heavy atom. The van der Waals surface area contributed by atoms with Gasteiger partial charge in [-0.2, -0.15) is 0 Å². The van der Waals surface area contributed by atoms with E-state index < -0.39 is 10.8 Å². The van der Waals surface area contributed by atoms with Crippen molar-refractivity contribution in [3.05, 3.63) is 88.4 Å². The Morgan fingerprint density at radius 1 is 1.13 bits per heavy atom. The van der Waals surface area contributed by atoms with Crippen LogP contribution in [0.1, 0.15) is 16.1 Å². The Hall–Kier alpha value is -4.14. The van der Waals surface area contributed by atoms with Crippen molar-refractivity contribution < 1.29 is 23.7 Å². The highest BCUT2D eigenvalue weighted by atomic mass is 16.6. The number of hydrogen-bond donors (Lipinski definition) is 1. The molecule has 3 aromatic rings. The summed E-state index contributed by atoms with van der Waals surface area (Å²) in [6.07, 6.45) is 1.40. The van der Waals surface area contributed by atoms with Crippen molar-refractivity contribution in [3.8, 4) is 5.75 Å². The predicted octanol–water partition coefficient (Wildman–Crippen LogP) is 3.48. The molecule has 0 radical (unpaired) electrons. The fourth-order valence-corrected chi connectivity index (χ4v) is 2.69. The van der Waals surface area contributed by atoms with Gasteiger partial charge in [-0.1, -0.05) is 24.3 Å². The highest BCUT2D eigenvalue weighted by Gasteiger charge is 2.17. The monoisotopic (exact) mass is 409 g/mol. The van der Waals surface area contributed by atoms with E-state index in [1.165, 1.54) is 17.2 Å². The lowest BCUT2D eigenvalue weighted by molar-refractivity contribution is -0.385. The number of nitrogens with zero attached hydrogens (tertiary/aromatic N) is 2. The van der Waals surface area contributed by atoms with Gasteiger partial charge in [-0.3, -0.25) is 19.7 Å². The van der Waals surface area contributed by atoms with Crippen LogP contribution in [0.3, 0.4) is 0 Å². The lowest BCUT2D eigenvalue weighted by Crippen LogP contribution is -2.31. The van der Waals surface area contributed by atoms with Gasteiger partial charge in [0.15, 0.2) is 12.4 Å². The second-order valence-electron chi connectivity index (χ2n) is 6.38. The number of hydrogen-bond acceptors (Lipinski definition) is 6. The van der Waals surface area contributed by atoms with E-state index in [9.17, 15) is 19.7 Å². The molecule has 0 aliphatic rings. The van der Waals surface area contributed by atoms with Crippen molar-refractivity contribution in [2.75, 3.05) is 19.0 Å². The van der Waals surface area contributed by atoms with Crippen molar-refractivity contribution in [2.24, 2.45) is 0 Å². The van der Waals surface area contributed by atoms with Gasteiger partial charge >= 0.3 is 0 Å². The van der Waals surface area contributed by atoms with Crippen LogP contribution < -0.4 is 10.1 Å². The molecule has 1 N–H and O–H groups in total. The van der Waals surface area contributed by atoms with Gasteiger partial charge in [0.1, 0.15) is 5.75 Å². The number of nitrogens with one attached hydrogen (secondary N) is 1. The van der Waals surface area contributed by atoms with Crippen LogP contribution in [0.5, 0.6) is 5.75 Å². The zero-order chi connectivity index (χ0) is 21.5. The van der Waals surface area contributed by atoms with E-state index in [2.05, 4.69) is 5.32 Å². The molecule has 0 spiro atoms. The molecule has 2 amide bonds. The van der Waals surface area contributed by atoms with Gasteiger partial charge in [-0.05, 0) is 24.3 Å². The molecule has 0 saturated carbocycles. The van der Waals surface area contributed by atoms with Gasteiger partial charge in [0.2, 0.25) is 0 Å². The topological polar surface area (TPSA) is 115 Å². The minimum absolute atomic E-state index is 0.0435. The van der Waals surface area contributed by atoms with Gasteiger partial charge in [-0.25, -0.2) is 0 Å². The third-order valence-corrected chi connectivity index (χ3v) is 4.22. The van der Waals surface area contributed by atoms with Gasteiger partial charge < -0.3 is 19.4 Å². The Bertz CT molecular complexity index is 1050. The van der Waals surface area contributed by atoms with Crippen molar-refractivity contribution in [1.29, 1.82) is 0 Å². The summed E-state index contributed by atoms with van der Waals surface area (Å²) in [6, 6.07) is 16.0. The first-order chi connectivity index (χ1) is 14.4. The van der Waals surface area contributed by atoms with Crippen molar-refractivity contribution in [2.45, 2.75) is 6.54 Å². The summed E-state index contributed by atoms with van der Waals surface area (Å²) in [5.41, 5.74) is 0.869. The smallest absolute Gasteiger partial charge is 0.291 e. The predicted molar refractivity (Wildman–Crippen MR) is 108 cm³/mol. The first kappa shape index (κ1) is 20.6. The molecule has 0 fully saturated rings. The number of carbonyl (C=O) groups is 2. The maximum Gasteiger partial charge on any atom is 0.291 e. The number of benzene rings is 2. The maximum atomic E-state index is 12.4. The second kappa shape index (κ2) is 9.37. The largest absolute Gasteiger partial charge is 0.484 e. The van der Waals surface area contributed by atoms with E-state index in [0.29, 0.717) is 17.0 Å². The van der Waals surface area contributed by atoms with Gasteiger partial charge in [0, 0.05) is 30.4 Å². The van der Waals surface area contributed by atoms with Crippen molar-refractivity contribution in [3.63, 3.8) is 0 Å². The molecule has 9 heteroatoms. The van der Waals surface area contributed by atoms with Crippen LogP contribution in [0.4, 0.5) is 11.4 Å². The SMILES string of the molecule is CN(Cc1ccccc1[N+](=O)[O-])C(=O)COc1cccc(NC(=O)c2ccco2)c1. The van der Waals surface area contributed by atoms with E-state index in [1.807, 2.05) is 0 Å². The summed E-state index contributed by atoms with van der Waals surface area (Å²) in [4.78, 5) is 36.4. The van der Waals surface area contributed by atoms with Crippen LogP contribution in [0.25, 0.3) is 0 Å². The molecule has 0 aliphatic carbocycles. The molecule has 0 saturated heterocycles. The standard InChI is InChI=1S/C21H19N3O6/c1-23(13-15-6-2-3-9-18(15)24(27)28)20(25)14-30-17-8-4-7-16(12-17)22-21(26)19-10-5-11-29-19/h2-12H,13-14H2,1H3,(H,22,26). The van der Waals surface area contributed by atoms with E-state index in [-0.39, 0.29) is 30.5 Å². The Labute approximate surface area is 172 Å². The number of anilines is 1. The minimum Gasteiger partial charge on any atom is -0.484 e. The molecule has 30 heavy (non-hydrogen) atoms. The Balaban J connectivity index is 1.57. The number of furan rings is 1. The summed E-state index contributed by atoms with van der Waals surface area (Å²) in [6.45, 7) is -0.175. The van der Waals surface area contributed by atoms with Gasteiger partial charge in [0.25, 0.3) is 17.5 Å². The van der Waals surface area contributed by atoms with Crippen LogP contribution >= 0.6 is 0 Å². The number of para-hydroxylation sites is 1. The average Bonchev–Trinajstić information content (AvgIpc) is 3.27. The van der Waals surface area contributed by atoms with Gasteiger partial charge in [0.05, 0.1) is 17.7 Å². The zero-order valence-electron chi connectivity index (χ0n) is 16.1. The lowest BCUT2D eigenvalue weighted by Gasteiger charge is -2.17.